The summed E-state index contributed by atoms with van der Waals surface area (Å²) in [5, 5.41) is 22.6. The van der Waals surface area contributed by atoms with Gasteiger partial charge in [0, 0.05) is 12.3 Å². The summed E-state index contributed by atoms with van der Waals surface area (Å²) in [6, 6.07) is 0. The van der Waals surface area contributed by atoms with E-state index in [-0.39, 0.29) is 23.9 Å². The third-order valence-corrected chi connectivity index (χ3v) is 6.03. The van der Waals surface area contributed by atoms with Crippen molar-refractivity contribution in [1.82, 2.24) is 0 Å². The van der Waals surface area contributed by atoms with Gasteiger partial charge in [0.05, 0.1) is 17.6 Å². The van der Waals surface area contributed by atoms with E-state index in [9.17, 15) is 19.8 Å². The minimum Gasteiger partial charge on any atom is -0.392 e. The van der Waals surface area contributed by atoms with Crippen molar-refractivity contribution in [3.8, 4) is 0 Å². The van der Waals surface area contributed by atoms with Gasteiger partial charge in [0.2, 0.25) is 0 Å². The van der Waals surface area contributed by atoms with E-state index >= 15 is 0 Å². The number of Topliss-reactive ketones (excluding diaryl/α,β-unsaturated/α-hetero) is 2. The highest BCUT2D eigenvalue weighted by Gasteiger charge is 2.58. The number of ketones is 2. The van der Waals surface area contributed by atoms with Gasteiger partial charge in [0.15, 0.2) is 5.78 Å². The fourth-order valence-electron chi connectivity index (χ4n) is 4.26. The van der Waals surface area contributed by atoms with Crippen LogP contribution in [0.3, 0.4) is 0 Å². The lowest BCUT2D eigenvalue weighted by Gasteiger charge is -2.49. The molecule has 4 nitrogen and oxygen atoms in total. The number of carbonyl (C=O) groups is 2. The van der Waals surface area contributed by atoms with Gasteiger partial charge in [-0.2, -0.15) is 0 Å². The molecule has 1 aliphatic rings. The summed E-state index contributed by atoms with van der Waals surface area (Å²) < 4.78 is 0. The Bertz CT molecular complexity index is 679. The fourth-order valence-corrected chi connectivity index (χ4v) is 4.26. The smallest absolute Gasteiger partial charge is 0.155 e. The number of aliphatic hydroxyl groups excluding tert-OH is 2. The first kappa shape index (κ1) is 26.5. The summed E-state index contributed by atoms with van der Waals surface area (Å²) in [4.78, 5) is 26.9. The number of aliphatic hydroxyl groups is 2. The largest absolute Gasteiger partial charge is 0.392 e. The number of carbonyl (C=O) groups excluding carboxylic acids is 2. The molecule has 4 unspecified atom stereocenters. The van der Waals surface area contributed by atoms with Crippen LogP contribution in [0.4, 0.5) is 0 Å². The molecule has 0 aromatic heterocycles. The third kappa shape index (κ3) is 6.49. The number of allylic oxidation sites excluding steroid dienone is 6. The van der Waals surface area contributed by atoms with E-state index in [0.29, 0.717) is 19.3 Å². The van der Waals surface area contributed by atoms with Crippen LogP contribution >= 0.6 is 0 Å². The summed E-state index contributed by atoms with van der Waals surface area (Å²) in [5.74, 6) is -2.06. The SMILES string of the molecule is CC(C)=CCC1C(O)C(C(=O)CC(C)C)C(=O)C(CC=C(C)C)(CC=C(C)C)C1O. The Morgan fingerprint density at radius 1 is 0.933 bits per heavy atom. The topological polar surface area (TPSA) is 74.6 Å². The molecule has 0 aromatic carbocycles. The summed E-state index contributed by atoms with van der Waals surface area (Å²) in [6.07, 6.45) is 5.15. The fraction of sp³-hybridized carbons (Fsp3) is 0.692. The maximum Gasteiger partial charge on any atom is 0.155 e. The van der Waals surface area contributed by atoms with Crippen LogP contribution in [0, 0.1) is 23.2 Å². The number of rotatable bonds is 9. The molecule has 0 amide bonds. The zero-order valence-corrected chi connectivity index (χ0v) is 20.2. The van der Waals surface area contributed by atoms with Crippen LogP contribution in [0.15, 0.2) is 34.9 Å². The van der Waals surface area contributed by atoms with Crippen molar-refractivity contribution in [2.45, 2.75) is 93.3 Å². The minimum absolute atomic E-state index is 0.102. The van der Waals surface area contributed by atoms with Crippen molar-refractivity contribution in [2.24, 2.45) is 23.2 Å². The van der Waals surface area contributed by atoms with Crippen LogP contribution in [0.25, 0.3) is 0 Å². The standard InChI is InChI=1S/C26H42O4/c1-16(2)9-10-20-23(28)22(21(27)15-19(7)8)25(30)26(24(20)29,13-11-17(3)4)14-12-18(5)6/h9,11-12,19-20,22-24,28-29H,10,13-15H2,1-8H3. The zero-order valence-electron chi connectivity index (χ0n) is 20.2. The molecule has 0 radical (unpaired) electrons. The molecular formula is C26H42O4. The number of hydrogen-bond acceptors (Lipinski definition) is 4. The Hall–Kier alpha value is -1.52. The van der Waals surface area contributed by atoms with Crippen molar-refractivity contribution in [3.05, 3.63) is 34.9 Å². The van der Waals surface area contributed by atoms with Crippen LogP contribution in [0.2, 0.25) is 0 Å². The van der Waals surface area contributed by atoms with E-state index < -0.39 is 29.5 Å². The lowest BCUT2D eigenvalue weighted by Crippen LogP contribution is -2.61. The molecule has 1 aliphatic carbocycles. The van der Waals surface area contributed by atoms with Crippen LogP contribution in [-0.4, -0.2) is 34.0 Å². The Morgan fingerprint density at radius 2 is 1.40 bits per heavy atom. The van der Waals surface area contributed by atoms with E-state index in [1.165, 1.54) is 0 Å². The molecule has 2 N–H and O–H groups in total. The first-order valence-electron chi connectivity index (χ1n) is 11.2. The third-order valence-electron chi connectivity index (χ3n) is 6.03. The zero-order chi connectivity index (χ0) is 23.2. The maximum atomic E-state index is 13.8. The molecule has 0 saturated heterocycles. The second kappa shape index (κ2) is 11.2. The van der Waals surface area contributed by atoms with Crippen molar-refractivity contribution >= 4 is 11.6 Å². The van der Waals surface area contributed by atoms with Gasteiger partial charge in [-0.25, -0.2) is 0 Å². The van der Waals surface area contributed by atoms with Gasteiger partial charge >= 0.3 is 0 Å². The van der Waals surface area contributed by atoms with E-state index in [2.05, 4.69) is 0 Å². The van der Waals surface area contributed by atoms with Gasteiger partial charge in [-0.3, -0.25) is 9.59 Å². The second-order valence-electron chi connectivity index (χ2n) is 10.2. The molecule has 30 heavy (non-hydrogen) atoms. The lowest BCUT2D eigenvalue weighted by molar-refractivity contribution is -0.170. The molecule has 0 aromatic rings. The van der Waals surface area contributed by atoms with Gasteiger partial charge in [-0.15, -0.1) is 0 Å². The maximum absolute atomic E-state index is 13.8. The van der Waals surface area contributed by atoms with Gasteiger partial charge in [0.25, 0.3) is 0 Å². The molecule has 4 heteroatoms. The molecule has 0 heterocycles. The van der Waals surface area contributed by atoms with Crippen molar-refractivity contribution in [1.29, 1.82) is 0 Å². The highest BCUT2D eigenvalue weighted by atomic mass is 16.3. The molecular weight excluding hydrogens is 376 g/mol. The molecule has 1 fully saturated rings. The van der Waals surface area contributed by atoms with E-state index in [4.69, 9.17) is 0 Å². The molecule has 4 atom stereocenters. The van der Waals surface area contributed by atoms with E-state index in [0.717, 1.165) is 16.7 Å². The molecule has 1 rings (SSSR count). The highest BCUT2D eigenvalue weighted by Crippen LogP contribution is 2.48. The highest BCUT2D eigenvalue weighted by molar-refractivity contribution is 6.06. The molecule has 0 aliphatic heterocycles. The summed E-state index contributed by atoms with van der Waals surface area (Å²) >= 11 is 0. The average Bonchev–Trinajstić information content (AvgIpc) is 2.60. The average molecular weight is 419 g/mol. The lowest BCUT2D eigenvalue weighted by atomic mass is 9.56. The van der Waals surface area contributed by atoms with Crippen molar-refractivity contribution in [2.75, 3.05) is 0 Å². The summed E-state index contributed by atoms with van der Waals surface area (Å²) in [6.45, 7) is 15.7. The van der Waals surface area contributed by atoms with Crippen LogP contribution in [-0.2, 0) is 9.59 Å². The minimum atomic E-state index is -1.17. The first-order chi connectivity index (χ1) is 13.8. The molecule has 170 valence electrons. The molecule has 0 spiro atoms. The van der Waals surface area contributed by atoms with Gasteiger partial charge in [-0.05, 0) is 66.7 Å². The van der Waals surface area contributed by atoms with Gasteiger partial charge < -0.3 is 10.2 Å². The van der Waals surface area contributed by atoms with Crippen molar-refractivity contribution < 1.29 is 19.8 Å². The summed E-state index contributed by atoms with van der Waals surface area (Å²) in [5.41, 5.74) is 2.09. The van der Waals surface area contributed by atoms with E-state index in [1.54, 1.807) is 0 Å². The van der Waals surface area contributed by atoms with Crippen LogP contribution in [0.5, 0.6) is 0 Å². The predicted molar refractivity (Wildman–Crippen MR) is 123 cm³/mol. The van der Waals surface area contributed by atoms with E-state index in [1.807, 2.05) is 73.6 Å². The van der Waals surface area contributed by atoms with Gasteiger partial charge in [0.1, 0.15) is 11.7 Å². The van der Waals surface area contributed by atoms with Crippen molar-refractivity contribution in [3.63, 3.8) is 0 Å². The number of hydrogen-bond donors (Lipinski definition) is 2. The van der Waals surface area contributed by atoms with Crippen LogP contribution in [0.1, 0.15) is 81.1 Å². The first-order valence-corrected chi connectivity index (χ1v) is 11.2. The quantitative estimate of drug-likeness (QED) is 0.399. The Balaban J connectivity index is 3.60. The Morgan fingerprint density at radius 3 is 1.80 bits per heavy atom. The van der Waals surface area contributed by atoms with Crippen LogP contribution < -0.4 is 0 Å². The van der Waals surface area contributed by atoms with Gasteiger partial charge in [-0.1, -0.05) is 48.8 Å². The second-order valence-corrected chi connectivity index (χ2v) is 10.2. The summed E-state index contributed by atoms with van der Waals surface area (Å²) in [7, 11) is 0. The molecule has 1 saturated carbocycles. The molecule has 0 bridgehead atoms. The Kier molecular flexibility index (Phi) is 9.90. The monoisotopic (exact) mass is 418 g/mol. The Labute approximate surface area is 183 Å². The predicted octanol–water partition coefficient (Wildman–Crippen LogP) is 5.19. The normalized spacial score (nSPS) is 25.6.